The van der Waals surface area contributed by atoms with E-state index in [1.807, 2.05) is 0 Å². The summed E-state index contributed by atoms with van der Waals surface area (Å²) in [6.07, 6.45) is 0.166. The summed E-state index contributed by atoms with van der Waals surface area (Å²) < 4.78 is 10.2. The Balaban J connectivity index is 2.73. The second-order valence-electron chi connectivity index (χ2n) is 5.00. The van der Waals surface area contributed by atoms with Gasteiger partial charge in [0.2, 0.25) is 0 Å². The molecule has 0 saturated carbocycles. The van der Waals surface area contributed by atoms with E-state index in [1.54, 1.807) is 20.8 Å². The van der Waals surface area contributed by atoms with Crippen molar-refractivity contribution in [3.8, 4) is 0 Å². The molecule has 1 rings (SSSR count). The number of alkyl halides is 1. The Morgan fingerprint density at radius 2 is 1.94 bits per heavy atom. The Morgan fingerprint density at radius 3 is 2.41 bits per heavy atom. The van der Waals surface area contributed by atoms with Crippen LogP contribution >= 0.6 is 22.6 Å². The fourth-order valence-electron chi connectivity index (χ4n) is 1.67. The molecule has 0 radical (unpaired) electrons. The number of hydrogen-bond acceptors (Lipinski definition) is 4. The zero-order chi connectivity index (χ0) is 13.2. The molecule has 1 saturated heterocycles. The van der Waals surface area contributed by atoms with Crippen molar-refractivity contribution in [2.24, 2.45) is 0 Å². The van der Waals surface area contributed by atoms with Gasteiger partial charge in [-0.25, -0.2) is 9.59 Å². The third-order valence-electron chi connectivity index (χ3n) is 2.35. The molecule has 0 N–H and O–H groups in total. The van der Waals surface area contributed by atoms with Gasteiger partial charge in [0, 0.05) is 10.5 Å². The van der Waals surface area contributed by atoms with Gasteiger partial charge < -0.3 is 9.47 Å². The minimum atomic E-state index is -0.554. The van der Waals surface area contributed by atoms with Crippen LogP contribution in [0, 0.1) is 0 Å². The molecule has 1 unspecified atom stereocenters. The van der Waals surface area contributed by atoms with Crippen molar-refractivity contribution in [3.63, 3.8) is 0 Å². The maximum atomic E-state index is 11.9. The number of methoxy groups -OCH3 is 1. The SMILES string of the molecule is COC(=O)[C@@H]1CC(I)CN1C(=O)OC(C)(C)C. The smallest absolute Gasteiger partial charge is 0.411 e. The topological polar surface area (TPSA) is 55.8 Å². The standard InChI is InChI=1S/C11H18INO4/c1-11(2,3)17-10(15)13-6-7(12)5-8(13)9(14)16-4/h7-8H,5-6H2,1-4H3/t7?,8-/m0/s1. The summed E-state index contributed by atoms with van der Waals surface area (Å²) in [6.45, 7) is 5.93. The average molecular weight is 355 g/mol. The summed E-state index contributed by atoms with van der Waals surface area (Å²) in [6, 6.07) is -0.517. The molecule has 1 aliphatic rings. The van der Waals surface area contributed by atoms with Gasteiger partial charge in [-0.1, -0.05) is 22.6 Å². The normalized spacial score (nSPS) is 24.6. The van der Waals surface area contributed by atoms with Crippen LogP contribution in [0.1, 0.15) is 27.2 Å². The average Bonchev–Trinajstić information content (AvgIpc) is 2.56. The molecule has 0 aromatic rings. The quantitative estimate of drug-likeness (QED) is 0.410. The first kappa shape index (κ1) is 14.5. The van der Waals surface area contributed by atoms with Gasteiger partial charge in [0.1, 0.15) is 11.6 Å². The van der Waals surface area contributed by atoms with Gasteiger partial charge in [0.15, 0.2) is 0 Å². The van der Waals surface area contributed by atoms with Crippen LogP contribution in [0.4, 0.5) is 4.79 Å². The molecule has 0 spiro atoms. The first-order chi connectivity index (χ1) is 7.74. The lowest BCUT2D eigenvalue weighted by Gasteiger charge is -2.27. The van der Waals surface area contributed by atoms with E-state index in [1.165, 1.54) is 12.0 Å². The summed E-state index contributed by atoms with van der Waals surface area (Å²) >= 11 is 2.23. The Morgan fingerprint density at radius 1 is 1.35 bits per heavy atom. The Kier molecular flexibility index (Phi) is 4.62. The molecule has 98 valence electrons. The van der Waals surface area contributed by atoms with Crippen LogP contribution in [0.15, 0.2) is 0 Å². The lowest BCUT2D eigenvalue weighted by atomic mass is 10.2. The molecule has 17 heavy (non-hydrogen) atoms. The number of halogens is 1. The largest absolute Gasteiger partial charge is 0.467 e. The van der Waals surface area contributed by atoms with E-state index in [4.69, 9.17) is 9.47 Å². The summed E-state index contributed by atoms with van der Waals surface area (Å²) in [5.41, 5.74) is -0.554. The molecule has 1 heterocycles. The number of rotatable bonds is 1. The van der Waals surface area contributed by atoms with Crippen LogP contribution in [-0.2, 0) is 14.3 Å². The number of nitrogens with zero attached hydrogens (tertiary/aromatic N) is 1. The molecule has 1 amide bonds. The summed E-state index contributed by atoms with van der Waals surface area (Å²) in [7, 11) is 1.33. The molecule has 0 aliphatic carbocycles. The molecule has 1 fully saturated rings. The highest BCUT2D eigenvalue weighted by Crippen LogP contribution is 2.26. The van der Waals surface area contributed by atoms with E-state index in [-0.39, 0.29) is 9.89 Å². The zero-order valence-electron chi connectivity index (χ0n) is 10.5. The van der Waals surface area contributed by atoms with Gasteiger partial charge in [0.05, 0.1) is 7.11 Å². The van der Waals surface area contributed by atoms with Gasteiger partial charge in [-0.05, 0) is 27.2 Å². The van der Waals surface area contributed by atoms with Crippen molar-refractivity contribution in [3.05, 3.63) is 0 Å². The Hall–Kier alpha value is -0.530. The first-order valence-electron chi connectivity index (χ1n) is 5.46. The minimum Gasteiger partial charge on any atom is -0.467 e. The molecule has 2 atom stereocenters. The van der Waals surface area contributed by atoms with Crippen molar-refractivity contribution >= 4 is 34.7 Å². The van der Waals surface area contributed by atoms with E-state index in [0.29, 0.717) is 13.0 Å². The van der Waals surface area contributed by atoms with Crippen LogP contribution in [0.2, 0.25) is 0 Å². The molecule has 6 heteroatoms. The van der Waals surface area contributed by atoms with E-state index in [9.17, 15) is 9.59 Å². The van der Waals surface area contributed by atoms with Crippen molar-refractivity contribution in [1.29, 1.82) is 0 Å². The number of amides is 1. The molecular formula is C11H18INO4. The van der Waals surface area contributed by atoms with Crippen molar-refractivity contribution in [1.82, 2.24) is 4.90 Å². The molecular weight excluding hydrogens is 337 g/mol. The maximum Gasteiger partial charge on any atom is 0.411 e. The highest BCUT2D eigenvalue weighted by atomic mass is 127. The van der Waals surface area contributed by atoms with E-state index in [2.05, 4.69) is 22.6 Å². The fraction of sp³-hybridized carbons (Fsp3) is 0.818. The predicted molar refractivity (Wildman–Crippen MR) is 71.2 cm³/mol. The Labute approximate surface area is 115 Å². The van der Waals surface area contributed by atoms with Crippen molar-refractivity contribution in [2.75, 3.05) is 13.7 Å². The predicted octanol–water partition coefficient (Wildman–Crippen LogP) is 1.97. The fourth-order valence-corrected chi connectivity index (χ4v) is 2.57. The van der Waals surface area contributed by atoms with Crippen LogP contribution in [0.3, 0.4) is 0 Å². The van der Waals surface area contributed by atoms with Gasteiger partial charge in [-0.3, -0.25) is 4.90 Å². The molecule has 0 aromatic carbocycles. The summed E-state index contributed by atoms with van der Waals surface area (Å²) in [4.78, 5) is 24.9. The Bertz CT molecular complexity index is 313. The third-order valence-corrected chi connectivity index (χ3v) is 3.25. The van der Waals surface area contributed by atoms with Crippen LogP contribution < -0.4 is 0 Å². The minimum absolute atomic E-state index is 0.254. The number of ether oxygens (including phenoxy) is 2. The van der Waals surface area contributed by atoms with E-state index in [0.717, 1.165) is 0 Å². The number of carbonyl (C=O) groups excluding carboxylic acids is 2. The lowest BCUT2D eigenvalue weighted by molar-refractivity contribution is -0.145. The number of esters is 1. The summed E-state index contributed by atoms with van der Waals surface area (Å²) in [5, 5.41) is 0. The number of carbonyl (C=O) groups is 2. The van der Waals surface area contributed by atoms with E-state index >= 15 is 0 Å². The van der Waals surface area contributed by atoms with Gasteiger partial charge in [-0.2, -0.15) is 0 Å². The monoisotopic (exact) mass is 355 g/mol. The van der Waals surface area contributed by atoms with Crippen LogP contribution in [0.25, 0.3) is 0 Å². The molecule has 0 bridgehead atoms. The first-order valence-corrected chi connectivity index (χ1v) is 6.70. The third kappa shape index (κ3) is 4.01. The second kappa shape index (κ2) is 5.41. The number of hydrogen-bond donors (Lipinski definition) is 0. The lowest BCUT2D eigenvalue weighted by Crippen LogP contribution is -2.43. The molecule has 5 nitrogen and oxygen atoms in total. The van der Waals surface area contributed by atoms with Gasteiger partial charge in [-0.15, -0.1) is 0 Å². The molecule has 0 aromatic heterocycles. The van der Waals surface area contributed by atoms with Crippen LogP contribution in [-0.4, -0.2) is 46.2 Å². The van der Waals surface area contributed by atoms with E-state index < -0.39 is 17.7 Å². The highest BCUT2D eigenvalue weighted by molar-refractivity contribution is 14.1. The molecule has 1 aliphatic heterocycles. The van der Waals surface area contributed by atoms with Crippen molar-refractivity contribution < 1.29 is 19.1 Å². The maximum absolute atomic E-state index is 11.9. The highest BCUT2D eigenvalue weighted by Gasteiger charge is 2.41. The second-order valence-corrected chi connectivity index (χ2v) is 6.77. The zero-order valence-corrected chi connectivity index (χ0v) is 12.7. The van der Waals surface area contributed by atoms with Gasteiger partial charge >= 0.3 is 12.1 Å². The van der Waals surface area contributed by atoms with Crippen LogP contribution in [0.5, 0.6) is 0 Å². The summed E-state index contributed by atoms with van der Waals surface area (Å²) in [5.74, 6) is -0.380. The van der Waals surface area contributed by atoms with Crippen molar-refractivity contribution in [2.45, 2.75) is 42.8 Å². The van der Waals surface area contributed by atoms with Gasteiger partial charge in [0.25, 0.3) is 0 Å². The number of likely N-dealkylation sites (tertiary alicyclic amines) is 1.